The zero-order valence-electron chi connectivity index (χ0n) is 16.2. The number of nitrogens with one attached hydrogen (secondary N) is 1. The maximum Gasteiger partial charge on any atom is 0.267 e. The van der Waals surface area contributed by atoms with Gasteiger partial charge in [-0.3, -0.25) is 14.4 Å². The van der Waals surface area contributed by atoms with Crippen LogP contribution in [0.3, 0.4) is 0 Å². The van der Waals surface area contributed by atoms with Gasteiger partial charge < -0.3 is 19.9 Å². The number of amides is 3. The Morgan fingerprint density at radius 1 is 1.17 bits per heavy atom. The lowest BCUT2D eigenvalue weighted by Gasteiger charge is -2.33. The minimum Gasteiger partial charge on any atom is -0.479 e. The van der Waals surface area contributed by atoms with Crippen LogP contribution in [-0.2, 0) is 14.4 Å². The number of fused-ring (bicyclic) bond motifs is 1. The number of ether oxygens (including phenoxy) is 1. The third kappa shape index (κ3) is 4.95. The number of anilines is 2. The molecule has 0 bridgehead atoms. The van der Waals surface area contributed by atoms with Crippen molar-refractivity contribution in [2.45, 2.75) is 19.4 Å². The number of hydrogen-bond donors (Lipinski definition) is 1. The zero-order chi connectivity index (χ0) is 21.0. The van der Waals surface area contributed by atoms with E-state index in [1.807, 2.05) is 30.3 Å². The molecule has 1 aliphatic heterocycles. The first-order chi connectivity index (χ1) is 13.9. The van der Waals surface area contributed by atoms with Crippen LogP contribution >= 0.6 is 15.9 Å². The quantitative estimate of drug-likeness (QED) is 0.719. The minimum atomic E-state index is -0.604. The highest BCUT2D eigenvalue weighted by Gasteiger charge is 2.31. The smallest absolute Gasteiger partial charge is 0.267 e. The van der Waals surface area contributed by atoms with Gasteiger partial charge >= 0.3 is 0 Å². The molecular weight excluding hydrogens is 438 g/mol. The van der Waals surface area contributed by atoms with Crippen molar-refractivity contribution in [2.75, 3.05) is 30.4 Å². The van der Waals surface area contributed by atoms with E-state index in [9.17, 15) is 14.4 Å². The van der Waals surface area contributed by atoms with E-state index in [1.165, 1.54) is 4.90 Å². The standard InChI is InChI=1S/C21H22BrN3O4/c1-14-21(28)25(17-9-5-6-10-18(17)29-14)12-11-20(27)24(2)13-19(26)23-16-8-4-3-7-15(16)22/h3-10,14H,11-13H2,1-2H3,(H,23,26). The average molecular weight is 460 g/mol. The van der Waals surface area contributed by atoms with E-state index < -0.39 is 6.10 Å². The van der Waals surface area contributed by atoms with E-state index >= 15 is 0 Å². The maximum atomic E-state index is 12.5. The molecule has 0 aliphatic carbocycles. The van der Waals surface area contributed by atoms with Crippen molar-refractivity contribution >= 4 is 45.0 Å². The molecule has 1 atom stereocenters. The van der Waals surface area contributed by atoms with Gasteiger partial charge in [-0.05, 0) is 47.1 Å². The van der Waals surface area contributed by atoms with Crippen LogP contribution in [0.25, 0.3) is 0 Å². The molecule has 3 amide bonds. The molecule has 0 radical (unpaired) electrons. The van der Waals surface area contributed by atoms with Gasteiger partial charge in [-0.25, -0.2) is 0 Å². The van der Waals surface area contributed by atoms with Gasteiger partial charge in [-0.15, -0.1) is 0 Å². The summed E-state index contributed by atoms with van der Waals surface area (Å²) in [7, 11) is 1.57. The summed E-state index contributed by atoms with van der Waals surface area (Å²) < 4.78 is 6.37. The molecule has 0 aromatic heterocycles. The third-order valence-corrected chi connectivity index (χ3v) is 5.27. The molecular formula is C21H22BrN3O4. The lowest BCUT2D eigenvalue weighted by molar-refractivity contribution is -0.133. The number of hydrogen-bond acceptors (Lipinski definition) is 4. The summed E-state index contributed by atoms with van der Waals surface area (Å²) in [4.78, 5) is 40.2. The zero-order valence-corrected chi connectivity index (χ0v) is 17.8. The van der Waals surface area contributed by atoms with Crippen molar-refractivity contribution in [3.63, 3.8) is 0 Å². The van der Waals surface area contributed by atoms with E-state index in [-0.39, 0.29) is 37.2 Å². The molecule has 29 heavy (non-hydrogen) atoms. The second-order valence-electron chi connectivity index (χ2n) is 6.75. The summed E-state index contributed by atoms with van der Waals surface area (Å²) in [5.74, 6) is -0.0927. The number of rotatable bonds is 6. The van der Waals surface area contributed by atoms with Gasteiger partial charge in [0.05, 0.1) is 17.9 Å². The number of nitrogens with zero attached hydrogens (tertiary/aromatic N) is 2. The van der Waals surface area contributed by atoms with Crippen LogP contribution in [0, 0.1) is 0 Å². The highest BCUT2D eigenvalue weighted by molar-refractivity contribution is 9.10. The van der Waals surface area contributed by atoms with Crippen molar-refractivity contribution in [1.82, 2.24) is 4.90 Å². The first kappa shape index (κ1) is 20.9. The number of halogens is 1. The monoisotopic (exact) mass is 459 g/mol. The molecule has 0 saturated carbocycles. The highest BCUT2D eigenvalue weighted by Crippen LogP contribution is 2.33. The lowest BCUT2D eigenvalue weighted by Crippen LogP contribution is -2.46. The predicted molar refractivity (Wildman–Crippen MR) is 114 cm³/mol. The van der Waals surface area contributed by atoms with E-state index in [0.717, 1.165) is 4.47 Å². The Balaban J connectivity index is 1.57. The van der Waals surface area contributed by atoms with Crippen LogP contribution in [0.5, 0.6) is 5.75 Å². The normalized spacial score (nSPS) is 15.3. The summed E-state index contributed by atoms with van der Waals surface area (Å²) in [5.41, 5.74) is 1.29. The molecule has 0 saturated heterocycles. The van der Waals surface area contributed by atoms with Gasteiger partial charge in [-0.1, -0.05) is 24.3 Å². The Kier molecular flexibility index (Phi) is 6.53. The predicted octanol–water partition coefficient (Wildman–Crippen LogP) is 3.05. The summed E-state index contributed by atoms with van der Waals surface area (Å²) in [6.07, 6.45) is -0.501. The average Bonchev–Trinajstić information content (AvgIpc) is 2.69. The fourth-order valence-corrected chi connectivity index (χ4v) is 3.43. The summed E-state index contributed by atoms with van der Waals surface area (Å²) >= 11 is 3.37. The molecule has 1 heterocycles. The van der Waals surface area contributed by atoms with Crippen LogP contribution in [0.15, 0.2) is 53.0 Å². The van der Waals surface area contributed by atoms with E-state index in [0.29, 0.717) is 17.1 Å². The molecule has 1 unspecified atom stereocenters. The van der Waals surface area contributed by atoms with Crippen LogP contribution < -0.4 is 15.0 Å². The van der Waals surface area contributed by atoms with E-state index in [4.69, 9.17) is 4.74 Å². The molecule has 3 rings (SSSR count). The Bertz CT molecular complexity index is 934. The summed E-state index contributed by atoms with van der Waals surface area (Å²) in [5, 5.41) is 2.77. The van der Waals surface area contributed by atoms with Gasteiger partial charge in [0, 0.05) is 24.5 Å². The molecule has 1 N–H and O–H groups in total. The first-order valence-corrected chi connectivity index (χ1v) is 10.0. The molecule has 7 nitrogen and oxygen atoms in total. The molecule has 152 valence electrons. The second kappa shape index (κ2) is 9.09. The highest BCUT2D eigenvalue weighted by atomic mass is 79.9. The van der Waals surface area contributed by atoms with Crippen LogP contribution in [0.1, 0.15) is 13.3 Å². The number of likely N-dealkylation sites (N-methyl/N-ethyl adjacent to an activating group) is 1. The Hall–Kier alpha value is -2.87. The van der Waals surface area contributed by atoms with Crippen molar-refractivity contribution in [3.8, 4) is 5.75 Å². The largest absolute Gasteiger partial charge is 0.479 e. The Morgan fingerprint density at radius 3 is 2.62 bits per heavy atom. The van der Waals surface area contributed by atoms with E-state index in [2.05, 4.69) is 21.2 Å². The summed E-state index contributed by atoms with van der Waals surface area (Å²) in [6.45, 7) is 1.83. The first-order valence-electron chi connectivity index (χ1n) is 9.22. The van der Waals surface area contributed by atoms with E-state index in [1.54, 1.807) is 37.1 Å². The second-order valence-corrected chi connectivity index (χ2v) is 7.60. The molecule has 0 fully saturated rings. The SMILES string of the molecule is CC1Oc2ccccc2N(CCC(=O)N(C)CC(=O)Nc2ccccc2Br)C1=O. The number of carbonyl (C=O) groups is 3. The molecule has 2 aromatic rings. The van der Waals surface area contributed by atoms with Crippen molar-refractivity contribution < 1.29 is 19.1 Å². The Labute approximate surface area is 177 Å². The van der Waals surface area contributed by atoms with Gasteiger partial charge in [0.1, 0.15) is 5.75 Å². The van der Waals surface area contributed by atoms with Crippen LogP contribution in [-0.4, -0.2) is 48.9 Å². The van der Waals surface area contributed by atoms with Crippen LogP contribution in [0.2, 0.25) is 0 Å². The van der Waals surface area contributed by atoms with Gasteiger partial charge in [0.2, 0.25) is 11.8 Å². The minimum absolute atomic E-state index is 0.0792. The van der Waals surface area contributed by atoms with Crippen molar-refractivity contribution in [1.29, 1.82) is 0 Å². The third-order valence-electron chi connectivity index (χ3n) is 4.58. The molecule has 2 aromatic carbocycles. The number of benzene rings is 2. The lowest BCUT2D eigenvalue weighted by atomic mass is 10.1. The fourth-order valence-electron chi connectivity index (χ4n) is 3.04. The maximum absolute atomic E-state index is 12.5. The van der Waals surface area contributed by atoms with Crippen molar-refractivity contribution in [3.05, 3.63) is 53.0 Å². The molecule has 0 spiro atoms. The number of para-hydroxylation sites is 3. The molecule has 1 aliphatic rings. The number of carbonyl (C=O) groups excluding carboxylic acids is 3. The molecule has 8 heteroatoms. The topological polar surface area (TPSA) is 79.0 Å². The van der Waals surface area contributed by atoms with Gasteiger partial charge in [0.25, 0.3) is 5.91 Å². The Morgan fingerprint density at radius 2 is 1.86 bits per heavy atom. The van der Waals surface area contributed by atoms with Gasteiger partial charge in [0.15, 0.2) is 6.10 Å². The van der Waals surface area contributed by atoms with Gasteiger partial charge in [-0.2, -0.15) is 0 Å². The van der Waals surface area contributed by atoms with Crippen LogP contribution in [0.4, 0.5) is 11.4 Å². The summed E-state index contributed by atoms with van der Waals surface area (Å²) in [6, 6.07) is 14.5. The van der Waals surface area contributed by atoms with Crippen molar-refractivity contribution in [2.24, 2.45) is 0 Å². The fraction of sp³-hybridized carbons (Fsp3) is 0.286.